The molecule has 0 aromatic carbocycles. The zero-order chi connectivity index (χ0) is 17.4. The molecule has 0 fully saturated rings. The quantitative estimate of drug-likeness (QED) is 0.152. The number of hydrogen-bond donors (Lipinski definition) is 2. The Hall–Kier alpha value is -0.570. The molecule has 0 radical (unpaired) electrons. The van der Waals surface area contributed by atoms with Gasteiger partial charge in [-0.15, -0.1) is 5.16 Å². The Morgan fingerprint density at radius 1 is 0.870 bits per heavy atom. The predicted octanol–water partition coefficient (Wildman–Crippen LogP) is 6.28. The molecule has 0 saturated carbocycles. The predicted molar refractivity (Wildman–Crippen MR) is 102 cm³/mol. The second-order valence-electron chi connectivity index (χ2n) is 7.23. The van der Waals surface area contributed by atoms with Crippen molar-refractivity contribution in [3.8, 4) is 0 Å². The summed E-state index contributed by atoms with van der Waals surface area (Å²) in [6.07, 6.45) is 19.1. The lowest BCUT2D eigenvalue weighted by Crippen LogP contribution is -2.20. The molecule has 0 amide bonds. The van der Waals surface area contributed by atoms with E-state index in [1.54, 1.807) is 6.21 Å². The number of hydrogen-bond acceptors (Lipinski definition) is 3. The van der Waals surface area contributed by atoms with Crippen molar-refractivity contribution in [2.24, 2.45) is 16.3 Å². The molecular formula is C20H42N2O. The van der Waals surface area contributed by atoms with Gasteiger partial charge in [0.05, 0.1) is 0 Å². The van der Waals surface area contributed by atoms with Gasteiger partial charge >= 0.3 is 0 Å². The lowest BCUT2D eigenvalue weighted by Gasteiger charge is -2.26. The van der Waals surface area contributed by atoms with Crippen molar-refractivity contribution < 1.29 is 5.21 Å². The summed E-state index contributed by atoms with van der Waals surface area (Å²) in [7, 11) is 0. The average Bonchev–Trinajstić information content (AvgIpc) is 2.56. The van der Waals surface area contributed by atoms with Gasteiger partial charge in [0.25, 0.3) is 0 Å². The monoisotopic (exact) mass is 326 g/mol. The average molecular weight is 327 g/mol. The van der Waals surface area contributed by atoms with E-state index in [4.69, 9.17) is 10.9 Å². The van der Waals surface area contributed by atoms with Crippen molar-refractivity contribution in [2.45, 2.75) is 117 Å². The van der Waals surface area contributed by atoms with Crippen LogP contribution in [0.1, 0.15) is 111 Å². The van der Waals surface area contributed by atoms with Crippen LogP contribution >= 0.6 is 0 Å². The SMILES string of the molecule is CCCCCC(N)CCCCCCCCC(C=NO)(CC)CC. The summed E-state index contributed by atoms with van der Waals surface area (Å²) < 4.78 is 0. The van der Waals surface area contributed by atoms with Gasteiger partial charge in [0.2, 0.25) is 0 Å². The first-order chi connectivity index (χ1) is 11.1. The molecule has 0 bridgehead atoms. The van der Waals surface area contributed by atoms with Crippen LogP contribution in [0, 0.1) is 5.41 Å². The minimum atomic E-state index is 0.111. The lowest BCUT2D eigenvalue weighted by atomic mass is 9.79. The molecule has 138 valence electrons. The van der Waals surface area contributed by atoms with Crippen molar-refractivity contribution in [3.05, 3.63) is 0 Å². The molecule has 0 aromatic rings. The first-order valence-electron chi connectivity index (χ1n) is 10.1. The molecule has 3 heteroatoms. The zero-order valence-electron chi connectivity index (χ0n) is 16.0. The van der Waals surface area contributed by atoms with Crippen molar-refractivity contribution in [3.63, 3.8) is 0 Å². The highest BCUT2D eigenvalue weighted by atomic mass is 16.4. The van der Waals surface area contributed by atoms with Crippen LogP contribution in [0.3, 0.4) is 0 Å². The lowest BCUT2D eigenvalue weighted by molar-refractivity contribution is 0.294. The third kappa shape index (κ3) is 11.6. The van der Waals surface area contributed by atoms with E-state index in [9.17, 15) is 0 Å². The van der Waals surface area contributed by atoms with Gasteiger partial charge in [-0.2, -0.15) is 0 Å². The fourth-order valence-electron chi connectivity index (χ4n) is 3.36. The van der Waals surface area contributed by atoms with Gasteiger partial charge < -0.3 is 10.9 Å². The van der Waals surface area contributed by atoms with E-state index >= 15 is 0 Å². The van der Waals surface area contributed by atoms with E-state index in [0.717, 1.165) is 19.3 Å². The van der Waals surface area contributed by atoms with Crippen molar-refractivity contribution in [1.82, 2.24) is 0 Å². The Balaban J connectivity index is 3.55. The van der Waals surface area contributed by atoms with Crippen LogP contribution in [0.15, 0.2) is 5.16 Å². The number of rotatable bonds is 16. The van der Waals surface area contributed by atoms with Crippen molar-refractivity contribution in [2.75, 3.05) is 0 Å². The Bertz CT molecular complexity index is 275. The Labute approximate surface area is 145 Å². The van der Waals surface area contributed by atoms with Crippen LogP contribution in [-0.2, 0) is 0 Å². The van der Waals surface area contributed by atoms with Crippen molar-refractivity contribution >= 4 is 6.21 Å². The van der Waals surface area contributed by atoms with Gasteiger partial charge in [-0.1, -0.05) is 78.6 Å². The summed E-state index contributed by atoms with van der Waals surface area (Å²) in [6, 6.07) is 0.425. The summed E-state index contributed by atoms with van der Waals surface area (Å²) in [5.74, 6) is 0. The molecule has 3 N–H and O–H groups in total. The molecule has 0 aliphatic rings. The molecule has 0 aliphatic carbocycles. The third-order valence-electron chi connectivity index (χ3n) is 5.42. The summed E-state index contributed by atoms with van der Waals surface area (Å²) in [4.78, 5) is 0. The van der Waals surface area contributed by atoms with Gasteiger partial charge in [0.15, 0.2) is 0 Å². The van der Waals surface area contributed by atoms with Gasteiger partial charge in [-0.05, 0) is 32.1 Å². The Morgan fingerprint density at radius 3 is 1.91 bits per heavy atom. The maximum atomic E-state index is 8.84. The number of nitrogens with zero attached hydrogens (tertiary/aromatic N) is 1. The summed E-state index contributed by atoms with van der Waals surface area (Å²) >= 11 is 0. The van der Waals surface area contributed by atoms with Crippen LogP contribution in [0.2, 0.25) is 0 Å². The van der Waals surface area contributed by atoms with Gasteiger partial charge in [0, 0.05) is 17.7 Å². The zero-order valence-corrected chi connectivity index (χ0v) is 16.0. The maximum Gasteiger partial charge on any atom is 0.0497 e. The fourth-order valence-corrected chi connectivity index (χ4v) is 3.36. The summed E-state index contributed by atoms with van der Waals surface area (Å²) in [5, 5.41) is 12.1. The molecule has 3 nitrogen and oxygen atoms in total. The van der Waals surface area contributed by atoms with Crippen LogP contribution in [0.5, 0.6) is 0 Å². The number of unbranched alkanes of at least 4 members (excludes halogenated alkanes) is 7. The minimum Gasteiger partial charge on any atom is -0.411 e. The first-order valence-corrected chi connectivity index (χ1v) is 10.1. The number of nitrogens with two attached hydrogens (primary N) is 1. The summed E-state index contributed by atoms with van der Waals surface area (Å²) in [5.41, 5.74) is 6.26. The van der Waals surface area contributed by atoms with Crippen LogP contribution < -0.4 is 5.73 Å². The fraction of sp³-hybridized carbons (Fsp3) is 0.950. The first kappa shape index (κ1) is 22.4. The van der Waals surface area contributed by atoms with E-state index < -0.39 is 0 Å². The van der Waals surface area contributed by atoms with E-state index in [-0.39, 0.29) is 5.41 Å². The highest BCUT2D eigenvalue weighted by Gasteiger charge is 2.23. The van der Waals surface area contributed by atoms with Gasteiger partial charge in [0.1, 0.15) is 0 Å². The normalized spacial score (nSPS) is 13.7. The minimum absolute atomic E-state index is 0.111. The van der Waals surface area contributed by atoms with E-state index in [1.807, 2.05) is 0 Å². The molecule has 0 rings (SSSR count). The van der Waals surface area contributed by atoms with E-state index in [1.165, 1.54) is 70.6 Å². The van der Waals surface area contributed by atoms with Crippen LogP contribution in [0.4, 0.5) is 0 Å². The molecule has 0 spiro atoms. The van der Waals surface area contributed by atoms with Gasteiger partial charge in [-0.3, -0.25) is 0 Å². The largest absolute Gasteiger partial charge is 0.411 e. The molecule has 0 aliphatic heterocycles. The maximum absolute atomic E-state index is 8.84. The highest BCUT2D eigenvalue weighted by Crippen LogP contribution is 2.31. The second-order valence-corrected chi connectivity index (χ2v) is 7.23. The Morgan fingerprint density at radius 2 is 1.39 bits per heavy atom. The molecule has 1 atom stereocenters. The van der Waals surface area contributed by atoms with Gasteiger partial charge in [-0.25, -0.2) is 0 Å². The molecule has 0 heterocycles. The molecule has 0 saturated heterocycles. The standard InChI is InChI=1S/C20H42N2O/c1-4-7-12-15-19(21)16-13-10-8-9-11-14-17-20(5-2,6-3)18-22-23/h18-19,23H,4-17,21H2,1-3H3. The summed E-state index contributed by atoms with van der Waals surface area (Å²) in [6.45, 7) is 6.62. The Kier molecular flexibility index (Phi) is 14.6. The van der Waals surface area contributed by atoms with E-state index in [0.29, 0.717) is 6.04 Å². The highest BCUT2D eigenvalue weighted by molar-refractivity contribution is 5.64. The number of oxime groups is 1. The smallest absolute Gasteiger partial charge is 0.0497 e. The van der Waals surface area contributed by atoms with Crippen LogP contribution in [-0.4, -0.2) is 17.5 Å². The molecular weight excluding hydrogens is 284 g/mol. The van der Waals surface area contributed by atoms with E-state index in [2.05, 4.69) is 25.9 Å². The third-order valence-corrected chi connectivity index (χ3v) is 5.42. The second kappa shape index (κ2) is 15.0. The molecule has 0 aromatic heterocycles. The molecule has 1 unspecified atom stereocenters. The van der Waals surface area contributed by atoms with Crippen molar-refractivity contribution in [1.29, 1.82) is 0 Å². The topological polar surface area (TPSA) is 58.6 Å². The molecule has 23 heavy (non-hydrogen) atoms. The van der Waals surface area contributed by atoms with Crippen LogP contribution in [0.25, 0.3) is 0 Å².